The van der Waals surface area contributed by atoms with E-state index < -0.39 is 12.0 Å². The lowest BCUT2D eigenvalue weighted by Crippen LogP contribution is -2.48. The molecule has 42 heavy (non-hydrogen) atoms. The first-order valence-corrected chi connectivity index (χ1v) is 15.6. The topological polar surface area (TPSA) is 82.1 Å². The average molecular weight is 584 g/mol. The lowest BCUT2D eigenvalue weighted by molar-refractivity contribution is -0.140. The van der Waals surface area contributed by atoms with Crippen molar-refractivity contribution >= 4 is 12.1 Å². The summed E-state index contributed by atoms with van der Waals surface area (Å²) in [5.41, 5.74) is 0.651. The molecule has 1 saturated heterocycles. The summed E-state index contributed by atoms with van der Waals surface area (Å²) in [5, 5.41) is 12.9. The molecule has 7 nitrogen and oxygen atoms in total. The molecule has 0 radical (unpaired) electrons. The van der Waals surface area contributed by atoms with Crippen LogP contribution in [0.4, 0.5) is 9.18 Å². The summed E-state index contributed by atoms with van der Waals surface area (Å²) in [6, 6.07) is 18.1. The van der Waals surface area contributed by atoms with Gasteiger partial charge in [0.1, 0.15) is 18.5 Å². The first-order valence-electron chi connectivity index (χ1n) is 15.6. The van der Waals surface area contributed by atoms with E-state index in [9.17, 15) is 19.1 Å². The third-order valence-corrected chi connectivity index (χ3v) is 8.11. The number of carboxylic acid groups (broad SMARTS) is 1. The molecule has 2 N–H and O–H groups in total. The van der Waals surface area contributed by atoms with E-state index in [1.165, 1.54) is 12.1 Å². The van der Waals surface area contributed by atoms with Crippen molar-refractivity contribution in [3.8, 4) is 0 Å². The fourth-order valence-corrected chi connectivity index (χ4v) is 6.07. The van der Waals surface area contributed by atoms with Gasteiger partial charge in [0.2, 0.25) is 0 Å². The number of hydrogen-bond acceptors (Lipinski definition) is 5. The van der Waals surface area contributed by atoms with Crippen LogP contribution in [0.2, 0.25) is 0 Å². The van der Waals surface area contributed by atoms with Crippen LogP contribution >= 0.6 is 0 Å². The number of likely N-dealkylation sites (tertiary alicyclic amines) is 1. The predicted molar refractivity (Wildman–Crippen MR) is 165 cm³/mol. The highest BCUT2D eigenvalue weighted by molar-refractivity contribution is 5.73. The Bertz CT molecular complexity index is 1040. The van der Waals surface area contributed by atoms with Crippen LogP contribution in [0.3, 0.4) is 0 Å². The number of aliphatic carboxylic acids is 1. The second-order valence-electron chi connectivity index (χ2n) is 12.1. The fourth-order valence-electron chi connectivity index (χ4n) is 6.07. The predicted octanol–water partition coefficient (Wildman–Crippen LogP) is 6.58. The van der Waals surface area contributed by atoms with E-state index in [0.29, 0.717) is 30.4 Å². The molecule has 1 saturated carbocycles. The van der Waals surface area contributed by atoms with Gasteiger partial charge in [-0.3, -0.25) is 4.79 Å². The molecule has 1 amide bonds. The zero-order valence-corrected chi connectivity index (χ0v) is 25.6. The maximum Gasteiger partial charge on any atom is 0.410 e. The molecule has 2 fully saturated rings. The van der Waals surface area contributed by atoms with Gasteiger partial charge in [0.05, 0.1) is 0 Å². The summed E-state index contributed by atoms with van der Waals surface area (Å²) < 4.78 is 18.9. The van der Waals surface area contributed by atoms with Crippen LogP contribution < -0.4 is 5.32 Å². The number of carboxylic acids is 1. The summed E-state index contributed by atoms with van der Waals surface area (Å²) >= 11 is 0. The summed E-state index contributed by atoms with van der Waals surface area (Å²) in [7, 11) is 0. The van der Waals surface area contributed by atoms with E-state index in [1.54, 1.807) is 12.1 Å². The third-order valence-electron chi connectivity index (χ3n) is 8.11. The van der Waals surface area contributed by atoms with Crippen molar-refractivity contribution in [1.29, 1.82) is 0 Å². The third kappa shape index (κ3) is 11.7. The summed E-state index contributed by atoms with van der Waals surface area (Å²) in [4.78, 5) is 28.8. The molecule has 2 aliphatic rings. The van der Waals surface area contributed by atoms with Gasteiger partial charge in [-0.25, -0.2) is 9.18 Å². The molecule has 0 spiro atoms. The van der Waals surface area contributed by atoms with Crippen LogP contribution in [0.5, 0.6) is 0 Å². The number of nitrogens with one attached hydrogen (secondary N) is 1. The van der Waals surface area contributed by atoms with Crippen molar-refractivity contribution in [2.45, 2.75) is 90.4 Å². The fraction of sp³-hybridized carbons (Fsp3) is 0.588. The quantitative estimate of drug-likeness (QED) is 0.294. The van der Waals surface area contributed by atoms with Crippen molar-refractivity contribution in [1.82, 2.24) is 15.1 Å². The number of amides is 1. The van der Waals surface area contributed by atoms with Crippen LogP contribution in [0.15, 0.2) is 60.7 Å². The van der Waals surface area contributed by atoms with E-state index in [-0.39, 0.29) is 30.6 Å². The van der Waals surface area contributed by atoms with Crippen LogP contribution in [-0.2, 0) is 16.1 Å². The zero-order chi connectivity index (χ0) is 30.3. The van der Waals surface area contributed by atoms with Gasteiger partial charge in [0.15, 0.2) is 0 Å². The minimum Gasteiger partial charge on any atom is -0.480 e. The lowest BCUT2D eigenvalue weighted by atomic mass is 10.00. The van der Waals surface area contributed by atoms with Crippen molar-refractivity contribution in [3.05, 3.63) is 72.0 Å². The molecule has 2 aromatic rings. The number of carbonyl (C=O) groups excluding carboxylic acids is 1. The van der Waals surface area contributed by atoms with Gasteiger partial charge in [-0.1, -0.05) is 69.3 Å². The molecule has 2 aromatic carbocycles. The highest BCUT2D eigenvalue weighted by Crippen LogP contribution is 2.29. The first-order chi connectivity index (χ1) is 20.2. The van der Waals surface area contributed by atoms with Gasteiger partial charge in [-0.15, -0.1) is 0 Å². The van der Waals surface area contributed by atoms with Crippen LogP contribution in [0.25, 0.3) is 0 Å². The highest BCUT2D eigenvalue weighted by Gasteiger charge is 2.33. The van der Waals surface area contributed by atoms with Gasteiger partial charge in [-0.05, 0) is 74.5 Å². The second-order valence-corrected chi connectivity index (χ2v) is 12.1. The summed E-state index contributed by atoms with van der Waals surface area (Å²) in [6.07, 6.45) is 6.21. The average Bonchev–Trinajstić information content (AvgIpc) is 3.42. The molecule has 1 heterocycles. The van der Waals surface area contributed by atoms with Gasteiger partial charge < -0.3 is 25.0 Å². The second kappa shape index (κ2) is 17.9. The van der Waals surface area contributed by atoms with Gasteiger partial charge >= 0.3 is 12.1 Å². The lowest BCUT2D eigenvalue weighted by Gasteiger charge is -2.38. The van der Waals surface area contributed by atoms with E-state index >= 15 is 0 Å². The summed E-state index contributed by atoms with van der Waals surface area (Å²) in [5.74, 6) is -0.151. The Kier molecular flexibility index (Phi) is 14.3. The van der Waals surface area contributed by atoms with E-state index in [2.05, 4.69) is 31.0 Å². The smallest absolute Gasteiger partial charge is 0.410 e. The first kappa shape index (κ1) is 33.5. The van der Waals surface area contributed by atoms with Crippen LogP contribution in [0, 0.1) is 17.7 Å². The number of nitrogens with zero attached hydrogens (tertiary/aromatic N) is 2. The monoisotopic (exact) mass is 583 g/mol. The molecule has 2 unspecified atom stereocenters. The van der Waals surface area contributed by atoms with E-state index in [0.717, 1.165) is 58.2 Å². The van der Waals surface area contributed by atoms with E-state index in [1.807, 2.05) is 41.3 Å². The van der Waals surface area contributed by atoms with Gasteiger partial charge in [-0.2, -0.15) is 0 Å². The number of halogens is 1. The standard InChI is InChI=1S/C28H44FN3O4.C6H6/c1-4-12-32(28(35)36-19-22-6-5-7-23(29)16-22)25-10-13-31(14-11-25)18-21-8-9-24(17-21)30-26(27(33)34)15-20(2)3;1-2-4-6-5-3-1/h5-7,16,20-21,24-26,30H,4,8-15,17-19H2,1-3H3,(H,33,34);1-6H/t21-,24?,26?;/m1./s1. The molecule has 4 rings (SSSR count). The van der Waals surface area contributed by atoms with E-state index in [4.69, 9.17) is 4.74 Å². The number of rotatable bonds is 12. The molecule has 0 bridgehead atoms. The maximum absolute atomic E-state index is 13.4. The number of piperidine rings is 1. The minimum absolute atomic E-state index is 0.0758. The van der Waals surface area contributed by atoms with Crippen LogP contribution in [0.1, 0.15) is 71.3 Å². The number of carbonyl (C=O) groups is 2. The molecule has 0 aromatic heterocycles. The van der Waals surface area contributed by atoms with Crippen molar-refractivity contribution < 1.29 is 23.8 Å². The van der Waals surface area contributed by atoms with Crippen molar-refractivity contribution in [2.24, 2.45) is 11.8 Å². The number of hydrogen-bond donors (Lipinski definition) is 2. The molecule has 3 atom stereocenters. The Labute approximate surface area is 251 Å². The minimum atomic E-state index is -0.750. The van der Waals surface area contributed by atoms with Gasteiger partial charge in [0, 0.05) is 38.3 Å². The van der Waals surface area contributed by atoms with Gasteiger partial charge in [0.25, 0.3) is 0 Å². The molecule has 8 heteroatoms. The molecular weight excluding hydrogens is 533 g/mol. The Morgan fingerprint density at radius 2 is 1.71 bits per heavy atom. The normalized spacial score (nSPS) is 20.0. The molecular formula is C34H50FN3O4. The molecule has 1 aliphatic heterocycles. The number of ether oxygens (including phenoxy) is 1. The SMILES string of the molecule is CCCN(C(=O)OCc1cccc(F)c1)C1CCN(C[C@@H]2CCC(NC(CC(C)C)C(=O)O)C2)CC1.c1ccccc1. The highest BCUT2D eigenvalue weighted by atomic mass is 19.1. The summed E-state index contributed by atoms with van der Waals surface area (Å²) in [6.45, 7) is 9.84. The Hall–Kier alpha value is -2.97. The molecule has 1 aliphatic carbocycles. The molecule has 232 valence electrons. The van der Waals surface area contributed by atoms with Crippen molar-refractivity contribution in [2.75, 3.05) is 26.2 Å². The Morgan fingerprint density at radius 3 is 2.29 bits per heavy atom. The Balaban J connectivity index is 0.000000715. The number of benzene rings is 2. The Morgan fingerprint density at radius 1 is 1.05 bits per heavy atom. The largest absolute Gasteiger partial charge is 0.480 e. The zero-order valence-electron chi connectivity index (χ0n) is 25.6. The van der Waals surface area contributed by atoms with Crippen molar-refractivity contribution in [3.63, 3.8) is 0 Å². The maximum atomic E-state index is 13.4. The van der Waals surface area contributed by atoms with Crippen LogP contribution in [-0.4, -0.2) is 71.3 Å².